The average molecular weight is 465 g/mol. The summed E-state index contributed by atoms with van der Waals surface area (Å²) in [6, 6.07) is 8.42. The zero-order valence-corrected chi connectivity index (χ0v) is 21.2. The van der Waals surface area contributed by atoms with Crippen LogP contribution in [0.1, 0.15) is 69.8 Å². The van der Waals surface area contributed by atoms with Gasteiger partial charge < -0.3 is 9.67 Å². The number of rotatable bonds is 4. The van der Waals surface area contributed by atoms with E-state index in [-0.39, 0.29) is 17.1 Å². The second-order valence-corrected chi connectivity index (χ2v) is 14.7. The van der Waals surface area contributed by atoms with Gasteiger partial charge in [0.05, 0.1) is 5.60 Å². The lowest BCUT2D eigenvalue weighted by molar-refractivity contribution is -0.114. The highest BCUT2D eigenvalue weighted by Gasteiger charge is 2.62. The molecular formula is C29H37O3P. The molecule has 0 unspecified atom stereocenters. The number of allylic oxidation sites excluding steroid dienone is 4. The molecule has 0 spiro atoms. The molecule has 1 aromatic rings. The average Bonchev–Trinajstić information content (AvgIpc) is 3.03. The highest BCUT2D eigenvalue weighted by molar-refractivity contribution is 7.70. The van der Waals surface area contributed by atoms with Crippen LogP contribution in [0.5, 0.6) is 0 Å². The van der Waals surface area contributed by atoms with Crippen LogP contribution >= 0.6 is 7.14 Å². The van der Waals surface area contributed by atoms with Gasteiger partial charge in [-0.3, -0.25) is 4.79 Å². The Morgan fingerprint density at radius 1 is 1.15 bits per heavy atom. The van der Waals surface area contributed by atoms with Gasteiger partial charge >= 0.3 is 0 Å². The minimum absolute atomic E-state index is 0.171. The number of benzene rings is 1. The second kappa shape index (κ2) is 7.92. The maximum Gasteiger partial charge on any atom is 0.156 e. The molecule has 5 rings (SSSR count). The summed E-state index contributed by atoms with van der Waals surface area (Å²) in [6.07, 6.45) is 10.7. The Morgan fingerprint density at radius 2 is 1.88 bits per heavy atom. The van der Waals surface area contributed by atoms with Crippen molar-refractivity contribution in [2.75, 3.05) is 13.3 Å². The standard InChI is InChI=1S/C29H37O3P/c1-5-15-29(31)16-14-26-24-12-8-20-17-21(30)9-13-23(20)27(24)25(18-28(26,29)2)19-6-10-22(11-7-19)33(3,4)32/h5-7,10-11,17,24-26,31H,1,8-9,12-16,18H2,2-4H3/t24-,25+,26-,28-,29-/m0/s1. The van der Waals surface area contributed by atoms with Crippen molar-refractivity contribution >= 4 is 18.2 Å². The fraction of sp³-hybridized carbons (Fsp3) is 0.552. The Hall–Kier alpha value is -1.70. The van der Waals surface area contributed by atoms with Crippen LogP contribution in [0.2, 0.25) is 0 Å². The number of carbonyl (C=O) groups excluding carboxylic acids is 1. The van der Waals surface area contributed by atoms with Crippen molar-refractivity contribution in [1.82, 2.24) is 0 Å². The van der Waals surface area contributed by atoms with Gasteiger partial charge in [-0.1, -0.05) is 42.8 Å². The second-order valence-electron chi connectivity index (χ2n) is 11.5. The molecule has 0 aliphatic heterocycles. The minimum Gasteiger partial charge on any atom is -0.389 e. The zero-order chi connectivity index (χ0) is 23.6. The maximum atomic E-state index is 12.6. The first-order valence-corrected chi connectivity index (χ1v) is 15.1. The van der Waals surface area contributed by atoms with Crippen LogP contribution in [-0.2, 0) is 9.36 Å². The predicted molar refractivity (Wildman–Crippen MR) is 136 cm³/mol. The summed E-state index contributed by atoms with van der Waals surface area (Å²) in [5.74, 6) is 1.40. The van der Waals surface area contributed by atoms with Crippen LogP contribution in [0.3, 0.4) is 0 Å². The molecule has 3 nitrogen and oxygen atoms in total. The molecule has 4 aliphatic rings. The topological polar surface area (TPSA) is 54.4 Å². The maximum absolute atomic E-state index is 12.6. The number of fused-ring (bicyclic) bond motifs is 4. The monoisotopic (exact) mass is 464 g/mol. The van der Waals surface area contributed by atoms with E-state index in [9.17, 15) is 14.5 Å². The Bertz CT molecular complexity index is 1100. The van der Waals surface area contributed by atoms with Gasteiger partial charge in [0.1, 0.15) is 7.14 Å². The van der Waals surface area contributed by atoms with E-state index >= 15 is 0 Å². The molecule has 1 N–H and O–H groups in total. The van der Waals surface area contributed by atoms with Gasteiger partial charge in [0, 0.05) is 23.1 Å². The van der Waals surface area contributed by atoms with Crippen molar-refractivity contribution in [2.24, 2.45) is 17.3 Å². The fourth-order valence-corrected chi connectivity index (χ4v) is 8.56. The zero-order valence-electron chi connectivity index (χ0n) is 20.3. The molecule has 0 bridgehead atoms. The molecule has 0 heterocycles. The lowest BCUT2D eigenvalue weighted by Gasteiger charge is -2.55. The van der Waals surface area contributed by atoms with Gasteiger partial charge in [0.15, 0.2) is 5.78 Å². The molecule has 2 fully saturated rings. The summed E-state index contributed by atoms with van der Waals surface area (Å²) in [5.41, 5.74) is 4.59. The summed E-state index contributed by atoms with van der Waals surface area (Å²) in [7, 11) is -2.31. The number of hydrogen-bond acceptors (Lipinski definition) is 3. The molecule has 4 heteroatoms. The molecule has 176 valence electrons. The van der Waals surface area contributed by atoms with Gasteiger partial charge in [0.25, 0.3) is 0 Å². The molecule has 33 heavy (non-hydrogen) atoms. The van der Waals surface area contributed by atoms with Crippen LogP contribution in [0.25, 0.3) is 0 Å². The van der Waals surface area contributed by atoms with Crippen molar-refractivity contribution in [2.45, 2.75) is 69.8 Å². The third kappa shape index (κ3) is 3.58. The minimum atomic E-state index is -2.31. The van der Waals surface area contributed by atoms with Crippen molar-refractivity contribution in [1.29, 1.82) is 0 Å². The lowest BCUT2D eigenvalue weighted by Crippen LogP contribution is -2.51. The molecular weight excluding hydrogens is 427 g/mol. The molecule has 4 aliphatic carbocycles. The van der Waals surface area contributed by atoms with Gasteiger partial charge in [-0.2, -0.15) is 0 Å². The van der Waals surface area contributed by atoms with Crippen molar-refractivity contribution in [3.8, 4) is 0 Å². The van der Waals surface area contributed by atoms with Crippen LogP contribution in [0, 0.1) is 17.3 Å². The van der Waals surface area contributed by atoms with Crippen LogP contribution < -0.4 is 5.30 Å². The van der Waals surface area contributed by atoms with E-state index in [2.05, 4.69) is 25.6 Å². The highest BCUT2D eigenvalue weighted by atomic mass is 31.2. The number of aliphatic hydroxyl groups is 1. The number of hydrogen-bond donors (Lipinski definition) is 1. The van der Waals surface area contributed by atoms with E-state index < -0.39 is 12.7 Å². The smallest absolute Gasteiger partial charge is 0.156 e. The Labute approximate surface area is 198 Å². The quantitative estimate of drug-likeness (QED) is 0.430. The Morgan fingerprint density at radius 3 is 2.55 bits per heavy atom. The van der Waals surface area contributed by atoms with Crippen LogP contribution in [0.15, 0.2) is 59.7 Å². The Balaban J connectivity index is 1.66. The fourth-order valence-electron chi connectivity index (χ4n) is 7.69. The molecule has 1 aromatic carbocycles. The first-order chi connectivity index (χ1) is 15.6. The van der Waals surface area contributed by atoms with Crippen LogP contribution in [-0.4, -0.2) is 29.8 Å². The summed E-state index contributed by atoms with van der Waals surface area (Å²) in [5, 5.41) is 12.8. The molecule has 0 radical (unpaired) electrons. The van der Waals surface area contributed by atoms with Crippen molar-refractivity contribution < 1.29 is 14.5 Å². The van der Waals surface area contributed by atoms with E-state index in [0.29, 0.717) is 24.7 Å². The highest BCUT2D eigenvalue weighted by Crippen LogP contribution is 2.67. The molecule has 2 saturated carbocycles. The van der Waals surface area contributed by atoms with E-state index in [1.54, 1.807) is 0 Å². The van der Waals surface area contributed by atoms with Crippen LogP contribution in [0.4, 0.5) is 0 Å². The van der Waals surface area contributed by atoms with E-state index in [0.717, 1.165) is 43.8 Å². The third-order valence-electron chi connectivity index (χ3n) is 9.46. The van der Waals surface area contributed by atoms with Crippen molar-refractivity contribution in [3.05, 3.63) is 65.3 Å². The number of ketones is 1. The lowest BCUT2D eigenvalue weighted by atomic mass is 9.51. The van der Waals surface area contributed by atoms with E-state index in [4.69, 9.17) is 0 Å². The van der Waals surface area contributed by atoms with Gasteiger partial charge in [-0.15, -0.1) is 6.58 Å². The molecule has 0 amide bonds. The number of carbonyl (C=O) groups is 1. The Kier molecular flexibility index (Phi) is 5.54. The third-order valence-corrected chi connectivity index (χ3v) is 11.0. The van der Waals surface area contributed by atoms with E-state index in [1.165, 1.54) is 22.3 Å². The summed E-state index contributed by atoms with van der Waals surface area (Å²) >= 11 is 0. The van der Waals surface area contributed by atoms with E-state index in [1.807, 2.05) is 37.6 Å². The molecule has 0 aromatic heterocycles. The van der Waals surface area contributed by atoms with Gasteiger partial charge in [-0.25, -0.2) is 0 Å². The van der Waals surface area contributed by atoms with Gasteiger partial charge in [0.2, 0.25) is 0 Å². The summed E-state index contributed by atoms with van der Waals surface area (Å²) in [4.78, 5) is 12.2. The summed E-state index contributed by atoms with van der Waals surface area (Å²) < 4.78 is 12.6. The SMILES string of the molecule is C=CC[C@]1(O)CC[C@H]2[C@@H]3CCC4=CC(=O)CCC4=C3[C@@H](c3ccc(P(C)(C)=O)cc3)C[C@@]21C. The largest absolute Gasteiger partial charge is 0.389 e. The molecule has 0 saturated heterocycles. The van der Waals surface area contributed by atoms with Gasteiger partial charge in [-0.05, 0) is 92.9 Å². The summed E-state index contributed by atoms with van der Waals surface area (Å²) in [6.45, 7) is 9.91. The van der Waals surface area contributed by atoms with Crippen molar-refractivity contribution in [3.63, 3.8) is 0 Å². The molecule has 5 atom stereocenters. The first-order valence-electron chi connectivity index (χ1n) is 12.5. The normalized spacial score (nSPS) is 36.1. The predicted octanol–water partition coefficient (Wildman–Crippen LogP) is 6.14. The first kappa shape index (κ1) is 23.1.